The van der Waals surface area contributed by atoms with Crippen LogP contribution in [-0.2, 0) is 5.41 Å². The molecule has 1 unspecified atom stereocenters. The van der Waals surface area contributed by atoms with Crippen LogP contribution in [0.4, 0.5) is 0 Å². The summed E-state index contributed by atoms with van der Waals surface area (Å²) in [6.07, 6.45) is -0.443. The van der Waals surface area contributed by atoms with Crippen LogP contribution in [0.3, 0.4) is 0 Å². The predicted molar refractivity (Wildman–Crippen MR) is 102 cm³/mol. The van der Waals surface area contributed by atoms with Gasteiger partial charge in [0.25, 0.3) is 0 Å². The summed E-state index contributed by atoms with van der Waals surface area (Å²) in [7, 11) is 0. The molecule has 0 amide bonds. The molecule has 0 aliphatic heterocycles. The lowest BCUT2D eigenvalue weighted by Crippen LogP contribution is -2.43. The van der Waals surface area contributed by atoms with Gasteiger partial charge in [-0.15, -0.1) is 0 Å². The second kappa shape index (κ2) is 7.64. The van der Waals surface area contributed by atoms with E-state index in [1.54, 1.807) is 0 Å². The molecule has 0 aliphatic carbocycles. The molecule has 2 N–H and O–H groups in total. The zero-order chi connectivity index (χ0) is 17.7. The molecule has 3 rings (SSSR count). The van der Waals surface area contributed by atoms with Crippen LogP contribution in [0.1, 0.15) is 28.7 Å². The summed E-state index contributed by atoms with van der Waals surface area (Å²) >= 11 is 0. The second-order valence-corrected chi connectivity index (χ2v) is 6.38. The maximum Gasteiger partial charge on any atom is 0.0740 e. The summed E-state index contributed by atoms with van der Waals surface area (Å²) in [6.45, 7) is 2.01. The van der Waals surface area contributed by atoms with E-state index in [-0.39, 0.29) is 6.61 Å². The molecule has 3 aromatic carbocycles. The molecule has 0 radical (unpaired) electrons. The molecule has 0 fully saturated rings. The summed E-state index contributed by atoms with van der Waals surface area (Å²) < 4.78 is 0. The highest BCUT2D eigenvalue weighted by Crippen LogP contribution is 2.44. The molecule has 2 heteroatoms. The van der Waals surface area contributed by atoms with Gasteiger partial charge in [-0.3, -0.25) is 0 Å². The molecule has 0 aliphatic rings. The van der Waals surface area contributed by atoms with Crippen molar-refractivity contribution in [3.8, 4) is 0 Å². The van der Waals surface area contributed by atoms with Crippen molar-refractivity contribution in [2.45, 2.75) is 24.9 Å². The van der Waals surface area contributed by atoms with E-state index in [1.807, 2.05) is 48.5 Å². The van der Waals surface area contributed by atoms with Gasteiger partial charge in [-0.05, 0) is 35.6 Å². The normalized spacial score (nSPS) is 12.8. The molecular formula is C23H24O2. The Morgan fingerprint density at radius 2 is 1.24 bits per heavy atom. The molecule has 3 aromatic rings. The maximum absolute atomic E-state index is 11.3. The zero-order valence-electron chi connectivity index (χ0n) is 14.5. The van der Waals surface area contributed by atoms with Crippen LogP contribution in [-0.4, -0.2) is 22.9 Å². The number of aliphatic hydroxyl groups excluding tert-OH is 2. The summed E-state index contributed by atoms with van der Waals surface area (Å²) in [4.78, 5) is 0. The first-order valence-corrected chi connectivity index (χ1v) is 8.67. The Morgan fingerprint density at radius 3 is 1.72 bits per heavy atom. The van der Waals surface area contributed by atoms with Crippen LogP contribution >= 0.6 is 0 Å². The summed E-state index contributed by atoms with van der Waals surface area (Å²) in [5.74, 6) is 0. The SMILES string of the molecule is Cc1ccccc1C(c1ccccc1)(c1ccccc1)C(O)CCO. The van der Waals surface area contributed by atoms with Crippen molar-refractivity contribution >= 4 is 0 Å². The molecule has 0 aromatic heterocycles. The first-order chi connectivity index (χ1) is 12.2. The van der Waals surface area contributed by atoms with Gasteiger partial charge in [0.05, 0.1) is 11.5 Å². The van der Waals surface area contributed by atoms with Crippen molar-refractivity contribution in [1.29, 1.82) is 0 Å². The molecule has 1 atom stereocenters. The van der Waals surface area contributed by atoms with E-state index < -0.39 is 11.5 Å². The maximum atomic E-state index is 11.3. The number of benzene rings is 3. The Labute approximate surface area is 149 Å². The lowest BCUT2D eigenvalue weighted by atomic mass is 9.64. The van der Waals surface area contributed by atoms with E-state index in [9.17, 15) is 10.2 Å². The minimum absolute atomic E-state index is 0.0610. The molecule has 25 heavy (non-hydrogen) atoms. The van der Waals surface area contributed by atoms with Gasteiger partial charge in [0.2, 0.25) is 0 Å². The van der Waals surface area contributed by atoms with Crippen molar-refractivity contribution in [2.75, 3.05) is 6.61 Å². The Kier molecular flexibility index (Phi) is 5.32. The molecule has 0 spiro atoms. The third kappa shape index (κ3) is 3.11. The van der Waals surface area contributed by atoms with Crippen LogP contribution < -0.4 is 0 Å². The van der Waals surface area contributed by atoms with Gasteiger partial charge in [0.1, 0.15) is 0 Å². The Balaban J connectivity index is 2.38. The zero-order valence-corrected chi connectivity index (χ0v) is 14.5. The fourth-order valence-electron chi connectivity index (χ4n) is 3.80. The highest BCUT2D eigenvalue weighted by molar-refractivity contribution is 5.54. The monoisotopic (exact) mass is 332 g/mol. The largest absolute Gasteiger partial charge is 0.396 e. The Morgan fingerprint density at radius 1 is 0.760 bits per heavy atom. The number of aryl methyl sites for hydroxylation is 1. The molecule has 0 bridgehead atoms. The Bertz CT molecular complexity index is 757. The van der Waals surface area contributed by atoms with Crippen molar-refractivity contribution < 1.29 is 10.2 Å². The van der Waals surface area contributed by atoms with E-state index in [4.69, 9.17) is 0 Å². The second-order valence-electron chi connectivity index (χ2n) is 6.38. The van der Waals surface area contributed by atoms with Gasteiger partial charge in [-0.1, -0.05) is 84.9 Å². The van der Waals surface area contributed by atoms with Gasteiger partial charge in [0.15, 0.2) is 0 Å². The fourth-order valence-corrected chi connectivity index (χ4v) is 3.80. The standard InChI is InChI=1S/C23H24O2/c1-18-10-8-9-15-21(18)23(22(25)16-17-24,19-11-4-2-5-12-19)20-13-6-3-7-14-20/h2-15,22,24-25H,16-17H2,1H3. The third-order valence-corrected chi connectivity index (χ3v) is 4.93. The third-order valence-electron chi connectivity index (χ3n) is 4.93. The van der Waals surface area contributed by atoms with E-state index in [0.717, 1.165) is 22.3 Å². The minimum atomic E-state index is -0.747. The quantitative estimate of drug-likeness (QED) is 0.668. The van der Waals surface area contributed by atoms with Crippen LogP contribution in [0.5, 0.6) is 0 Å². The molecule has 0 saturated carbocycles. The van der Waals surface area contributed by atoms with Gasteiger partial charge in [-0.25, -0.2) is 0 Å². The van der Waals surface area contributed by atoms with Crippen LogP contribution in [0, 0.1) is 6.92 Å². The minimum Gasteiger partial charge on any atom is -0.396 e. The molecule has 0 heterocycles. The summed E-state index contributed by atoms with van der Waals surface area (Å²) in [6, 6.07) is 28.3. The lowest BCUT2D eigenvalue weighted by molar-refractivity contribution is 0.0895. The van der Waals surface area contributed by atoms with Gasteiger partial charge in [0, 0.05) is 6.61 Å². The van der Waals surface area contributed by atoms with Crippen LogP contribution in [0.2, 0.25) is 0 Å². The van der Waals surface area contributed by atoms with Crippen molar-refractivity contribution in [3.63, 3.8) is 0 Å². The van der Waals surface area contributed by atoms with Gasteiger partial charge < -0.3 is 10.2 Å². The summed E-state index contributed by atoms with van der Waals surface area (Å²) in [5.41, 5.74) is 3.50. The number of aliphatic hydroxyl groups is 2. The van der Waals surface area contributed by atoms with E-state index in [1.165, 1.54) is 0 Å². The van der Waals surface area contributed by atoms with Crippen molar-refractivity contribution in [3.05, 3.63) is 107 Å². The summed E-state index contributed by atoms with van der Waals surface area (Å²) in [5, 5.41) is 20.8. The average molecular weight is 332 g/mol. The molecule has 2 nitrogen and oxygen atoms in total. The molecular weight excluding hydrogens is 308 g/mol. The first-order valence-electron chi connectivity index (χ1n) is 8.67. The lowest BCUT2D eigenvalue weighted by Gasteiger charge is -2.41. The van der Waals surface area contributed by atoms with Gasteiger partial charge >= 0.3 is 0 Å². The highest BCUT2D eigenvalue weighted by Gasteiger charge is 2.43. The highest BCUT2D eigenvalue weighted by atomic mass is 16.3. The van der Waals surface area contributed by atoms with Crippen molar-refractivity contribution in [1.82, 2.24) is 0 Å². The number of hydrogen-bond donors (Lipinski definition) is 2. The predicted octanol–water partition coefficient (Wildman–Crippen LogP) is 4.07. The first kappa shape index (κ1) is 17.4. The Hall–Kier alpha value is -2.42. The smallest absolute Gasteiger partial charge is 0.0740 e. The van der Waals surface area contributed by atoms with Crippen LogP contribution in [0.15, 0.2) is 84.9 Å². The molecule has 128 valence electrons. The van der Waals surface area contributed by atoms with Gasteiger partial charge in [-0.2, -0.15) is 0 Å². The van der Waals surface area contributed by atoms with Crippen LogP contribution in [0.25, 0.3) is 0 Å². The van der Waals surface area contributed by atoms with E-state index >= 15 is 0 Å². The van der Waals surface area contributed by atoms with E-state index in [0.29, 0.717) is 6.42 Å². The number of rotatable bonds is 6. The van der Waals surface area contributed by atoms with Crippen molar-refractivity contribution in [2.24, 2.45) is 0 Å². The molecule has 0 saturated heterocycles. The fraction of sp³-hybridized carbons (Fsp3) is 0.217. The topological polar surface area (TPSA) is 40.5 Å². The average Bonchev–Trinajstić information content (AvgIpc) is 2.66. The number of hydrogen-bond acceptors (Lipinski definition) is 2. The van der Waals surface area contributed by atoms with E-state index in [2.05, 4.69) is 43.3 Å².